The minimum absolute atomic E-state index is 0.555. The fourth-order valence-corrected chi connectivity index (χ4v) is 2.37. The average molecular weight is 249 g/mol. The molecule has 0 radical (unpaired) electrons. The van der Waals surface area contributed by atoms with Gasteiger partial charge in [0.15, 0.2) is 0 Å². The Balaban J connectivity index is 2.66. The molecule has 0 aromatic heterocycles. The van der Waals surface area contributed by atoms with Gasteiger partial charge in [-0.1, -0.05) is 38.5 Å². The van der Waals surface area contributed by atoms with Gasteiger partial charge in [0.05, 0.1) is 7.11 Å². The first-order chi connectivity index (χ1) is 8.72. The van der Waals surface area contributed by atoms with Crippen molar-refractivity contribution in [2.45, 2.75) is 46.1 Å². The van der Waals surface area contributed by atoms with E-state index in [-0.39, 0.29) is 0 Å². The minimum Gasteiger partial charge on any atom is -0.496 e. The Bertz CT molecular complexity index is 338. The van der Waals surface area contributed by atoms with Gasteiger partial charge >= 0.3 is 0 Å². The third-order valence-corrected chi connectivity index (χ3v) is 3.62. The van der Waals surface area contributed by atoms with Crippen LogP contribution in [0.3, 0.4) is 0 Å². The van der Waals surface area contributed by atoms with Crippen LogP contribution in [0.5, 0.6) is 5.75 Å². The first-order valence-electron chi connectivity index (χ1n) is 7.08. The van der Waals surface area contributed by atoms with Gasteiger partial charge in [-0.25, -0.2) is 0 Å². The molecule has 2 unspecified atom stereocenters. The fraction of sp³-hybridized carbons (Fsp3) is 0.625. The smallest absolute Gasteiger partial charge is 0.122 e. The van der Waals surface area contributed by atoms with Crippen LogP contribution in [0.25, 0.3) is 0 Å². The Labute approximate surface area is 112 Å². The largest absolute Gasteiger partial charge is 0.496 e. The highest BCUT2D eigenvalue weighted by Gasteiger charge is 2.16. The van der Waals surface area contributed by atoms with Gasteiger partial charge in [-0.15, -0.1) is 0 Å². The zero-order valence-corrected chi connectivity index (χ0v) is 12.2. The quantitative estimate of drug-likeness (QED) is 0.759. The molecule has 0 saturated carbocycles. The summed E-state index contributed by atoms with van der Waals surface area (Å²) in [6.45, 7) is 7.87. The van der Waals surface area contributed by atoms with E-state index in [2.05, 4.69) is 38.2 Å². The summed E-state index contributed by atoms with van der Waals surface area (Å²) in [5, 5.41) is 3.60. The lowest BCUT2D eigenvalue weighted by Crippen LogP contribution is -2.34. The van der Waals surface area contributed by atoms with Crippen molar-refractivity contribution in [2.24, 2.45) is 5.92 Å². The lowest BCUT2D eigenvalue weighted by Gasteiger charge is -2.24. The SMILES string of the molecule is CCCNC(C)C(CC)Cc1ccccc1OC. The minimum atomic E-state index is 0.555. The van der Waals surface area contributed by atoms with Crippen LogP contribution in [-0.2, 0) is 6.42 Å². The first kappa shape index (κ1) is 15.0. The van der Waals surface area contributed by atoms with Gasteiger partial charge in [-0.2, -0.15) is 0 Å². The predicted molar refractivity (Wildman–Crippen MR) is 78.2 cm³/mol. The number of ether oxygens (including phenoxy) is 1. The summed E-state index contributed by atoms with van der Waals surface area (Å²) in [5.41, 5.74) is 1.32. The molecule has 0 aliphatic carbocycles. The topological polar surface area (TPSA) is 21.3 Å². The molecule has 2 atom stereocenters. The van der Waals surface area contributed by atoms with Crippen LogP contribution in [0.2, 0.25) is 0 Å². The molecule has 2 nitrogen and oxygen atoms in total. The maximum absolute atomic E-state index is 5.43. The van der Waals surface area contributed by atoms with Crippen molar-refractivity contribution >= 4 is 0 Å². The lowest BCUT2D eigenvalue weighted by molar-refractivity contribution is 0.353. The highest BCUT2D eigenvalue weighted by Crippen LogP contribution is 2.23. The molecule has 1 aromatic rings. The third-order valence-electron chi connectivity index (χ3n) is 3.62. The maximum Gasteiger partial charge on any atom is 0.122 e. The highest BCUT2D eigenvalue weighted by molar-refractivity contribution is 5.33. The number of rotatable bonds is 8. The van der Waals surface area contributed by atoms with Crippen LogP contribution in [0.1, 0.15) is 39.2 Å². The van der Waals surface area contributed by atoms with Gasteiger partial charge in [-0.3, -0.25) is 0 Å². The fourth-order valence-electron chi connectivity index (χ4n) is 2.37. The summed E-state index contributed by atoms with van der Waals surface area (Å²) in [6, 6.07) is 8.90. The third kappa shape index (κ3) is 4.34. The standard InChI is InChI=1S/C16H27NO/c1-5-11-17-13(3)14(6-2)12-15-9-7-8-10-16(15)18-4/h7-10,13-14,17H,5-6,11-12H2,1-4H3. The van der Waals surface area contributed by atoms with Gasteiger partial charge in [0.2, 0.25) is 0 Å². The lowest BCUT2D eigenvalue weighted by atomic mass is 9.90. The monoisotopic (exact) mass is 249 g/mol. The molecule has 1 N–H and O–H groups in total. The number of hydrogen-bond donors (Lipinski definition) is 1. The van der Waals surface area contributed by atoms with E-state index >= 15 is 0 Å². The molecule has 0 heterocycles. The molecular formula is C16H27NO. The summed E-state index contributed by atoms with van der Waals surface area (Å²) >= 11 is 0. The Kier molecular flexibility index (Phi) is 6.81. The van der Waals surface area contributed by atoms with Crippen LogP contribution in [0.15, 0.2) is 24.3 Å². The molecular weight excluding hydrogens is 222 g/mol. The predicted octanol–water partition coefficient (Wildman–Crippen LogP) is 3.65. The normalized spacial score (nSPS) is 14.2. The van der Waals surface area contributed by atoms with Crippen molar-refractivity contribution in [3.05, 3.63) is 29.8 Å². The molecule has 0 fully saturated rings. The molecule has 1 rings (SSSR count). The van der Waals surface area contributed by atoms with Gasteiger partial charge in [0.1, 0.15) is 5.75 Å². The number of hydrogen-bond acceptors (Lipinski definition) is 2. The molecule has 0 amide bonds. The van der Waals surface area contributed by atoms with Crippen LogP contribution < -0.4 is 10.1 Å². The van der Waals surface area contributed by atoms with E-state index in [1.165, 1.54) is 18.4 Å². The molecule has 102 valence electrons. The molecule has 18 heavy (non-hydrogen) atoms. The second-order valence-electron chi connectivity index (χ2n) is 4.93. The van der Waals surface area contributed by atoms with Gasteiger partial charge < -0.3 is 10.1 Å². The zero-order valence-electron chi connectivity index (χ0n) is 12.2. The van der Waals surface area contributed by atoms with Gasteiger partial charge in [-0.05, 0) is 43.9 Å². The van der Waals surface area contributed by atoms with Crippen molar-refractivity contribution in [3.8, 4) is 5.75 Å². The number of benzene rings is 1. The van der Waals surface area contributed by atoms with Gasteiger partial charge in [0.25, 0.3) is 0 Å². The highest BCUT2D eigenvalue weighted by atomic mass is 16.5. The van der Waals surface area contributed by atoms with Crippen LogP contribution in [0, 0.1) is 5.92 Å². The summed E-state index contributed by atoms with van der Waals surface area (Å²) in [5.74, 6) is 1.67. The second-order valence-corrected chi connectivity index (χ2v) is 4.93. The molecule has 0 aliphatic rings. The number of para-hydroxylation sites is 1. The summed E-state index contributed by atoms with van der Waals surface area (Å²) < 4.78 is 5.43. The van der Waals surface area contributed by atoms with Crippen molar-refractivity contribution in [2.75, 3.05) is 13.7 Å². The second kappa shape index (κ2) is 8.15. The van der Waals surface area contributed by atoms with Crippen molar-refractivity contribution < 1.29 is 4.74 Å². The van der Waals surface area contributed by atoms with E-state index in [0.29, 0.717) is 12.0 Å². The summed E-state index contributed by atoms with van der Waals surface area (Å²) in [7, 11) is 1.75. The van der Waals surface area contributed by atoms with E-state index in [4.69, 9.17) is 4.74 Å². The van der Waals surface area contributed by atoms with E-state index in [1.54, 1.807) is 7.11 Å². The maximum atomic E-state index is 5.43. The zero-order chi connectivity index (χ0) is 13.4. The van der Waals surface area contributed by atoms with E-state index in [9.17, 15) is 0 Å². The van der Waals surface area contributed by atoms with E-state index in [1.807, 2.05) is 12.1 Å². The van der Waals surface area contributed by atoms with Crippen molar-refractivity contribution in [1.29, 1.82) is 0 Å². The first-order valence-corrected chi connectivity index (χ1v) is 7.08. The van der Waals surface area contributed by atoms with E-state index in [0.717, 1.165) is 18.7 Å². The Hall–Kier alpha value is -1.02. The van der Waals surface area contributed by atoms with Crippen LogP contribution >= 0.6 is 0 Å². The molecule has 0 aliphatic heterocycles. The molecule has 0 bridgehead atoms. The van der Waals surface area contributed by atoms with E-state index < -0.39 is 0 Å². The molecule has 2 heteroatoms. The Morgan fingerprint density at radius 1 is 1.22 bits per heavy atom. The summed E-state index contributed by atoms with van der Waals surface area (Å²) in [4.78, 5) is 0. The van der Waals surface area contributed by atoms with Crippen LogP contribution in [-0.4, -0.2) is 19.7 Å². The molecule has 0 spiro atoms. The van der Waals surface area contributed by atoms with Crippen LogP contribution in [0.4, 0.5) is 0 Å². The van der Waals surface area contributed by atoms with Crippen molar-refractivity contribution in [1.82, 2.24) is 5.32 Å². The average Bonchev–Trinajstić information content (AvgIpc) is 2.42. The number of methoxy groups -OCH3 is 1. The van der Waals surface area contributed by atoms with Gasteiger partial charge in [0, 0.05) is 6.04 Å². The van der Waals surface area contributed by atoms with Crippen molar-refractivity contribution in [3.63, 3.8) is 0 Å². The Morgan fingerprint density at radius 2 is 1.94 bits per heavy atom. The number of nitrogens with one attached hydrogen (secondary N) is 1. The molecule has 1 aromatic carbocycles. The summed E-state index contributed by atoms with van der Waals surface area (Å²) in [6.07, 6.45) is 3.46. The Morgan fingerprint density at radius 3 is 2.56 bits per heavy atom. The molecule has 0 saturated heterocycles.